The van der Waals surface area contributed by atoms with Crippen LogP contribution in [0.4, 0.5) is 0 Å². The summed E-state index contributed by atoms with van der Waals surface area (Å²) in [6.45, 7) is 11.7. The Morgan fingerprint density at radius 2 is 1.71 bits per heavy atom. The van der Waals surface area contributed by atoms with Crippen LogP contribution in [0, 0.1) is 6.07 Å². The van der Waals surface area contributed by atoms with E-state index in [1.54, 1.807) is 6.08 Å². The van der Waals surface area contributed by atoms with Crippen molar-refractivity contribution in [2.24, 2.45) is 0 Å². The van der Waals surface area contributed by atoms with Crippen LogP contribution in [-0.4, -0.2) is 25.3 Å². The van der Waals surface area contributed by atoms with Crippen molar-refractivity contribution in [3.63, 3.8) is 0 Å². The Balaban J connectivity index is 0.000000214. The van der Waals surface area contributed by atoms with Gasteiger partial charge in [0.15, 0.2) is 5.78 Å². The molecule has 1 N–H and O–H groups in total. The fourth-order valence-electron chi connectivity index (χ4n) is 4.18. The molecule has 0 atom stereocenters. The van der Waals surface area contributed by atoms with Crippen molar-refractivity contribution in [3.8, 4) is 0 Å². The maximum Gasteiger partial charge on any atom is 0.155 e. The first-order valence-electron chi connectivity index (χ1n) is 12.4. The number of carbonyl (C=O) groups excluding carboxylic acids is 1. The number of allylic oxidation sites excluding steroid dienone is 2. The topological polar surface area (TPSA) is 67.5 Å². The zero-order chi connectivity index (χ0) is 26.6. The van der Waals surface area contributed by atoms with E-state index in [1.807, 2.05) is 60.7 Å². The largest absolute Gasteiger partial charge is 0.512 e. The van der Waals surface area contributed by atoms with E-state index in [0.29, 0.717) is 6.42 Å². The van der Waals surface area contributed by atoms with Gasteiger partial charge < -0.3 is 9.51 Å². The van der Waals surface area contributed by atoms with Gasteiger partial charge in [-0.1, -0.05) is 75.2 Å². The number of aliphatic hydroxyl groups is 1. The van der Waals surface area contributed by atoms with Crippen LogP contribution in [0.2, 0.25) is 0 Å². The van der Waals surface area contributed by atoms with Crippen molar-refractivity contribution in [2.75, 3.05) is 0 Å². The van der Waals surface area contributed by atoms with Crippen molar-refractivity contribution in [1.29, 1.82) is 0 Å². The molecule has 0 bridgehead atoms. The number of aliphatic hydroxyl groups excluding tert-OH is 1. The predicted molar refractivity (Wildman–Crippen MR) is 152 cm³/mol. The van der Waals surface area contributed by atoms with E-state index in [-0.39, 0.29) is 37.1 Å². The summed E-state index contributed by atoms with van der Waals surface area (Å²) in [6.07, 6.45) is 4.27. The molecule has 6 heteroatoms. The number of nitrogens with zero attached hydrogens (tertiary/aromatic N) is 3. The van der Waals surface area contributed by atoms with Gasteiger partial charge in [0, 0.05) is 38.0 Å². The third-order valence-corrected chi connectivity index (χ3v) is 5.98. The molecule has 2 heterocycles. The molecule has 0 spiro atoms. The molecule has 1 radical (unpaired) electrons. The number of fused-ring (bicyclic) bond motifs is 5. The van der Waals surface area contributed by atoms with Crippen LogP contribution >= 0.6 is 0 Å². The van der Waals surface area contributed by atoms with Gasteiger partial charge in [0.25, 0.3) is 0 Å². The number of hydrogen-bond acceptors (Lipinski definition) is 4. The summed E-state index contributed by atoms with van der Waals surface area (Å²) in [6, 6.07) is 25.4. The van der Waals surface area contributed by atoms with E-state index in [9.17, 15) is 9.90 Å². The normalized spacial score (nSPS) is 11.6. The molecule has 38 heavy (non-hydrogen) atoms. The molecule has 0 amide bonds. The van der Waals surface area contributed by atoms with Crippen LogP contribution in [0.1, 0.15) is 51.1 Å². The number of carbonyl (C=O) groups is 1. The Morgan fingerprint density at radius 1 is 1.03 bits per heavy atom. The SMILES string of the molecule is C=Cc1ccc(CCC(O)=CC(C)=O)cc1.CC(C)(C)c1nc2ccc[c-]c2c2nc3ccccc3n12.[Ir]. The summed E-state index contributed by atoms with van der Waals surface area (Å²) in [5.41, 5.74) is 6.13. The summed E-state index contributed by atoms with van der Waals surface area (Å²) in [4.78, 5) is 20.4. The van der Waals surface area contributed by atoms with Gasteiger partial charge in [-0.2, -0.15) is 0 Å². The molecule has 2 aromatic heterocycles. The molecular weight excluding hydrogens is 651 g/mol. The van der Waals surface area contributed by atoms with Crippen molar-refractivity contribution < 1.29 is 30.0 Å². The summed E-state index contributed by atoms with van der Waals surface area (Å²) in [7, 11) is 0. The summed E-state index contributed by atoms with van der Waals surface area (Å²) in [5, 5.41) is 10.4. The van der Waals surface area contributed by atoms with Crippen molar-refractivity contribution >= 4 is 39.4 Å². The number of aromatic nitrogens is 3. The van der Waals surface area contributed by atoms with Crippen LogP contribution in [0.15, 0.2) is 85.1 Å². The number of hydrogen-bond donors (Lipinski definition) is 1. The minimum atomic E-state index is -0.125. The van der Waals surface area contributed by atoms with Crippen LogP contribution in [0.3, 0.4) is 0 Å². The Labute approximate surface area is 237 Å². The summed E-state index contributed by atoms with van der Waals surface area (Å²) in [5.74, 6) is 1.04. The average Bonchev–Trinajstić information content (AvgIpc) is 3.26. The fraction of sp³-hybridized carbons (Fsp3) is 0.219. The molecule has 0 fully saturated rings. The van der Waals surface area contributed by atoms with Crippen molar-refractivity contribution in [1.82, 2.24) is 14.4 Å². The average molecular weight is 683 g/mol. The molecule has 0 aliphatic carbocycles. The number of imidazole rings is 1. The number of para-hydroxylation sites is 2. The van der Waals surface area contributed by atoms with Crippen molar-refractivity contribution in [2.45, 2.75) is 46.0 Å². The second kappa shape index (κ2) is 12.3. The smallest absolute Gasteiger partial charge is 0.155 e. The minimum absolute atomic E-state index is 0. The van der Waals surface area contributed by atoms with E-state index < -0.39 is 0 Å². The first-order valence-corrected chi connectivity index (χ1v) is 12.4. The molecule has 0 saturated heterocycles. The maximum absolute atomic E-state index is 10.7. The standard InChI is InChI=1S/C18H16N3.C14H16O2.Ir/c1-18(2,3)17-20-13-9-5-4-8-12(13)16-19-14-10-6-7-11-15(14)21(16)17;1-3-12-4-6-13(7-5-12)8-9-14(16)10-11(2)15;/h4-7,9-11H,1-3H3;3-7,10,16H,1,8-9H2,2H3;/q-1;;. The molecule has 0 saturated carbocycles. The van der Waals surface area contributed by atoms with Gasteiger partial charge in [-0.3, -0.25) is 14.8 Å². The zero-order valence-electron chi connectivity index (χ0n) is 22.2. The minimum Gasteiger partial charge on any atom is -0.512 e. The maximum atomic E-state index is 10.7. The van der Waals surface area contributed by atoms with E-state index in [4.69, 9.17) is 9.97 Å². The predicted octanol–water partition coefficient (Wildman–Crippen LogP) is 7.42. The molecule has 3 aromatic carbocycles. The third-order valence-electron chi connectivity index (χ3n) is 5.98. The van der Waals surface area contributed by atoms with Crippen molar-refractivity contribution in [3.05, 3.63) is 108 Å². The van der Waals surface area contributed by atoms with Crippen LogP contribution in [-0.2, 0) is 36.7 Å². The Hall–Kier alpha value is -3.60. The van der Waals surface area contributed by atoms with E-state index in [2.05, 4.69) is 43.9 Å². The Kier molecular flexibility index (Phi) is 9.37. The van der Waals surface area contributed by atoms with Crippen LogP contribution in [0.25, 0.3) is 33.7 Å². The van der Waals surface area contributed by atoms with Gasteiger partial charge in [0.05, 0.1) is 22.4 Å². The second-order valence-electron chi connectivity index (χ2n) is 10.1. The molecule has 0 aliphatic rings. The van der Waals surface area contributed by atoms with E-state index in [0.717, 1.165) is 51.0 Å². The molecule has 197 valence electrons. The molecule has 0 unspecified atom stereocenters. The fourth-order valence-corrected chi connectivity index (χ4v) is 4.18. The van der Waals surface area contributed by atoms with Gasteiger partial charge in [-0.05, 0) is 42.1 Å². The number of aryl methyl sites for hydroxylation is 1. The van der Waals surface area contributed by atoms with E-state index in [1.165, 1.54) is 13.0 Å². The zero-order valence-corrected chi connectivity index (χ0v) is 24.6. The summed E-state index contributed by atoms with van der Waals surface area (Å²) < 4.78 is 2.17. The first kappa shape index (κ1) is 29.0. The van der Waals surface area contributed by atoms with Crippen LogP contribution < -0.4 is 0 Å². The molecule has 5 rings (SSSR count). The molecule has 5 aromatic rings. The number of rotatable bonds is 5. The molecular formula is C32H32IrN3O2-. The van der Waals surface area contributed by atoms with E-state index >= 15 is 0 Å². The summed E-state index contributed by atoms with van der Waals surface area (Å²) >= 11 is 0. The number of ketones is 1. The first-order chi connectivity index (χ1) is 17.7. The van der Waals surface area contributed by atoms with Gasteiger partial charge in [-0.25, -0.2) is 0 Å². The Bertz CT molecular complexity index is 1610. The third kappa shape index (κ3) is 6.63. The Morgan fingerprint density at radius 3 is 2.37 bits per heavy atom. The molecule has 0 aliphatic heterocycles. The van der Waals surface area contributed by atoms with Gasteiger partial charge in [0.1, 0.15) is 5.82 Å². The van der Waals surface area contributed by atoms with Gasteiger partial charge >= 0.3 is 0 Å². The van der Waals surface area contributed by atoms with Crippen LogP contribution in [0.5, 0.6) is 0 Å². The van der Waals surface area contributed by atoms with Gasteiger partial charge in [0.2, 0.25) is 0 Å². The quantitative estimate of drug-likeness (QED) is 0.119. The van der Waals surface area contributed by atoms with Gasteiger partial charge in [-0.15, -0.1) is 24.3 Å². The molecule has 5 nitrogen and oxygen atoms in total. The monoisotopic (exact) mass is 683 g/mol. The second-order valence-corrected chi connectivity index (χ2v) is 10.1. The number of benzene rings is 3.